The molecule has 164 valence electrons. The van der Waals surface area contributed by atoms with Crippen LogP contribution < -0.4 is 0 Å². The van der Waals surface area contributed by atoms with Crippen LogP contribution in [0.15, 0.2) is 48.8 Å². The molecule has 0 aliphatic carbocycles. The largest absolute Gasteiger partial charge is 0.465 e. The van der Waals surface area contributed by atoms with E-state index in [-0.39, 0.29) is 10.7 Å². The summed E-state index contributed by atoms with van der Waals surface area (Å²) in [7, 11) is 2.57. The second-order valence-corrected chi connectivity index (χ2v) is 7.34. The highest BCUT2D eigenvalue weighted by molar-refractivity contribution is 6.34. The van der Waals surface area contributed by atoms with E-state index in [2.05, 4.69) is 20.8 Å². The average molecular weight is 493 g/mol. The van der Waals surface area contributed by atoms with Crippen LogP contribution in [0.3, 0.4) is 0 Å². The number of pyridine rings is 2. The van der Waals surface area contributed by atoms with E-state index in [0.29, 0.717) is 33.3 Å². The molecule has 0 saturated carbocycles. The van der Waals surface area contributed by atoms with Crippen molar-refractivity contribution < 1.29 is 19.1 Å². The summed E-state index contributed by atoms with van der Waals surface area (Å²) in [4.78, 5) is 30.6. The van der Waals surface area contributed by atoms with E-state index in [1.54, 1.807) is 18.2 Å². The van der Waals surface area contributed by atoms with Gasteiger partial charge in [-0.2, -0.15) is 5.26 Å². The number of rotatable bonds is 4. The van der Waals surface area contributed by atoms with E-state index >= 15 is 0 Å². The third-order valence-corrected chi connectivity index (χ3v) is 4.70. The summed E-state index contributed by atoms with van der Waals surface area (Å²) in [6, 6.07) is 12.2. The first-order valence-corrected chi connectivity index (χ1v) is 10.0. The van der Waals surface area contributed by atoms with Gasteiger partial charge in [0.2, 0.25) is 0 Å². The Labute approximate surface area is 199 Å². The molecule has 10 heteroatoms. The monoisotopic (exact) mass is 491 g/mol. The lowest BCUT2D eigenvalue weighted by Crippen LogP contribution is -2.08. The maximum atomic E-state index is 11.7. The van der Waals surface area contributed by atoms with Crippen molar-refractivity contribution >= 4 is 46.7 Å². The molecule has 0 bridgehead atoms. The first-order chi connectivity index (χ1) is 15.3. The predicted octanol–water partition coefficient (Wildman–Crippen LogP) is 5.16. The molecule has 0 fully saturated rings. The SMILES string of the molecule is COC(=O)c1cc(Cl)cnc1Cc1cccc(C#N)c1.COC(=O)c1cc(Cl)cnc1Cl. The Hall–Kier alpha value is -3.18. The average Bonchev–Trinajstić information content (AvgIpc) is 2.81. The lowest BCUT2D eigenvalue weighted by atomic mass is 10.0. The summed E-state index contributed by atoms with van der Waals surface area (Å²) >= 11 is 17.0. The van der Waals surface area contributed by atoms with Crippen LogP contribution in [0, 0.1) is 11.3 Å². The first-order valence-electron chi connectivity index (χ1n) is 8.90. The molecule has 32 heavy (non-hydrogen) atoms. The highest BCUT2D eigenvalue weighted by atomic mass is 35.5. The molecule has 0 N–H and O–H groups in total. The van der Waals surface area contributed by atoms with Crippen LogP contribution in [0.4, 0.5) is 0 Å². The Morgan fingerprint density at radius 1 is 0.938 bits per heavy atom. The Morgan fingerprint density at radius 2 is 1.53 bits per heavy atom. The Morgan fingerprint density at radius 3 is 2.16 bits per heavy atom. The van der Waals surface area contributed by atoms with E-state index < -0.39 is 11.9 Å². The molecule has 0 spiro atoms. The van der Waals surface area contributed by atoms with E-state index in [1.165, 1.54) is 38.7 Å². The fourth-order valence-corrected chi connectivity index (χ4v) is 3.01. The van der Waals surface area contributed by atoms with Crippen molar-refractivity contribution in [2.24, 2.45) is 0 Å². The predicted molar refractivity (Wildman–Crippen MR) is 120 cm³/mol. The van der Waals surface area contributed by atoms with Crippen molar-refractivity contribution in [2.75, 3.05) is 14.2 Å². The summed E-state index contributed by atoms with van der Waals surface area (Å²) in [5.74, 6) is -1.03. The van der Waals surface area contributed by atoms with Gasteiger partial charge in [0.25, 0.3) is 0 Å². The molecular weight excluding hydrogens is 477 g/mol. The zero-order valence-electron chi connectivity index (χ0n) is 16.9. The maximum absolute atomic E-state index is 11.7. The van der Waals surface area contributed by atoms with Gasteiger partial charge in [-0.1, -0.05) is 46.9 Å². The standard InChI is InChI=1S/C15H11ClN2O2.C7H5Cl2NO2/c1-20-15(19)13-7-12(16)9-18-14(13)6-10-3-2-4-11(5-10)8-17;1-12-7(11)5-2-4(8)3-10-6(5)9/h2-5,7,9H,6H2,1H3;2-3H,1H3. The minimum absolute atomic E-state index is 0.0891. The molecule has 0 amide bonds. The van der Waals surface area contributed by atoms with Gasteiger partial charge in [-0.3, -0.25) is 4.98 Å². The number of benzene rings is 1. The lowest BCUT2D eigenvalue weighted by Gasteiger charge is -2.07. The summed E-state index contributed by atoms with van der Waals surface area (Å²) in [5, 5.41) is 9.70. The molecule has 0 unspecified atom stereocenters. The smallest absolute Gasteiger partial charge is 0.341 e. The van der Waals surface area contributed by atoms with Gasteiger partial charge in [-0.05, 0) is 29.8 Å². The fourth-order valence-electron chi connectivity index (χ4n) is 2.52. The molecular formula is C22H16Cl3N3O4. The van der Waals surface area contributed by atoms with Crippen LogP contribution in [0.5, 0.6) is 0 Å². The number of carbonyl (C=O) groups is 2. The van der Waals surface area contributed by atoms with Crippen molar-refractivity contribution in [3.63, 3.8) is 0 Å². The van der Waals surface area contributed by atoms with Crippen LogP contribution in [-0.4, -0.2) is 36.1 Å². The maximum Gasteiger partial charge on any atom is 0.341 e. The van der Waals surface area contributed by atoms with E-state index in [9.17, 15) is 9.59 Å². The number of ether oxygens (including phenoxy) is 2. The number of nitriles is 1. The molecule has 3 aromatic rings. The van der Waals surface area contributed by atoms with Gasteiger partial charge >= 0.3 is 11.9 Å². The number of nitrogens with zero attached hydrogens (tertiary/aromatic N) is 3. The van der Waals surface area contributed by atoms with E-state index in [0.717, 1.165) is 5.56 Å². The van der Waals surface area contributed by atoms with Crippen LogP contribution in [0.25, 0.3) is 0 Å². The normalized spacial score (nSPS) is 9.75. The van der Waals surface area contributed by atoms with Gasteiger partial charge in [0.1, 0.15) is 5.15 Å². The van der Waals surface area contributed by atoms with Crippen LogP contribution in [-0.2, 0) is 15.9 Å². The van der Waals surface area contributed by atoms with Crippen molar-refractivity contribution in [1.29, 1.82) is 5.26 Å². The zero-order chi connectivity index (χ0) is 23.7. The second kappa shape index (κ2) is 12.0. The number of carbonyl (C=O) groups excluding carboxylic acids is 2. The molecule has 2 heterocycles. The fraction of sp³-hybridized carbons (Fsp3) is 0.136. The molecule has 1 aromatic carbocycles. The van der Waals surface area contributed by atoms with Gasteiger partial charge in [0.15, 0.2) is 0 Å². The lowest BCUT2D eigenvalue weighted by molar-refractivity contribution is 0.0590. The highest BCUT2D eigenvalue weighted by Crippen LogP contribution is 2.19. The number of hydrogen-bond donors (Lipinski definition) is 0. The number of hydrogen-bond acceptors (Lipinski definition) is 7. The van der Waals surface area contributed by atoms with Crippen molar-refractivity contribution in [2.45, 2.75) is 6.42 Å². The summed E-state index contributed by atoms with van der Waals surface area (Å²) in [5.41, 5.74) is 2.53. The second-order valence-electron chi connectivity index (χ2n) is 6.11. The molecule has 2 aromatic heterocycles. The third kappa shape index (κ3) is 6.92. The van der Waals surface area contributed by atoms with Gasteiger partial charge in [0, 0.05) is 18.8 Å². The van der Waals surface area contributed by atoms with Crippen LogP contribution in [0.2, 0.25) is 15.2 Å². The van der Waals surface area contributed by atoms with Crippen LogP contribution in [0.1, 0.15) is 37.5 Å². The van der Waals surface area contributed by atoms with E-state index in [1.807, 2.05) is 6.07 Å². The number of aromatic nitrogens is 2. The van der Waals surface area contributed by atoms with Crippen molar-refractivity contribution in [1.82, 2.24) is 9.97 Å². The number of esters is 2. The molecule has 0 atom stereocenters. The first kappa shape index (κ1) is 25.1. The van der Waals surface area contributed by atoms with Crippen molar-refractivity contribution in [3.05, 3.63) is 91.9 Å². The molecule has 0 saturated heterocycles. The van der Waals surface area contributed by atoms with Gasteiger partial charge < -0.3 is 9.47 Å². The molecule has 7 nitrogen and oxygen atoms in total. The number of halogens is 3. The Kier molecular flexibility index (Phi) is 9.41. The van der Waals surface area contributed by atoms with Gasteiger partial charge in [-0.25, -0.2) is 14.6 Å². The Balaban J connectivity index is 0.000000258. The third-order valence-electron chi connectivity index (χ3n) is 3.98. The summed E-state index contributed by atoms with van der Waals surface area (Å²) in [6.45, 7) is 0. The summed E-state index contributed by atoms with van der Waals surface area (Å²) in [6.07, 6.45) is 3.27. The minimum atomic E-state index is -0.546. The van der Waals surface area contributed by atoms with Gasteiger partial charge in [0.05, 0.1) is 52.7 Å². The minimum Gasteiger partial charge on any atom is -0.465 e. The Bertz CT molecular complexity index is 1180. The highest BCUT2D eigenvalue weighted by Gasteiger charge is 2.14. The summed E-state index contributed by atoms with van der Waals surface area (Å²) < 4.78 is 9.17. The quantitative estimate of drug-likeness (QED) is 0.366. The molecule has 0 radical (unpaired) electrons. The van der Waals surface area contributed by atoms with Crippen LogP contribution >= 0.6 is 34.8 Å². The molecule has 0 aliphatic heterocycles. The topological polar surface area (TPSA) is 102 Å². The van der Waals surface area contributed by atoms with Crippen molar-refractivity contribution in [3.8, 4) is 6.07 Å². The molecule has 3 rings (SSSR count). The number of methoxy groups -OCH3 is 2. The zero-order valence-corrected chi connectivity index (χ0v) is 19.2. The van der Waals surface area contributed by atoms with E-state index in [4.69, 9.17) is 44.8 Å². The van der Waals surface area contributed by atoms with Gasteiger partial charge in [-0.15, -0.1) is 0 Å². The molecule has 0 aliphatic rings.